The molecule has 0 unspecified atom stereocenters. The molecule has 2 aliphatic heterocycles. The fourth-order valence-corrected chi connectivity index (χ4v) is 7.31. The minimum atomic E-state index is -3.18. The van der Waals surface area contributed by atoms with Crippen molar-refractivity contribution in [3.63, 3.8) is 0 Å². The van der Waals surface area contributed by atoms with Crippen LogP contribution < -0.4 is 15.9 Å². The van der Waals surface area contributed by atoms with E-state index in [9.17, 15) is 0 Å². The number of benzene rings is 3. The second-order valence-corrected chi connectivity index (χ2v) is 11.1. The Kier molecular flexibility index (Phi) is 5.50. The molecule has 5 nitrogen and oxygen atoms in total. The molecule has 32 heavy (non-hydrogen) atoms. The zero-order valence-corrected chi connectivity index (χ0v) is 19.1. The molecule has 0 aromatic heterocycles. The summed E-state index contributed by atoms with van der Waals surface area (Å²) in [6, 6.07) is 27.1. The van der Waals surface area contributed by atoms with Gasteiger partial charge < -0.3 is 18.8 Å². The number of rotatable bonds is 5. The van der Waals surface area contributed by atoms with Crippen LogP contribution in [0.1, 0.15) is 25.5 Å². The molecule has 3 aromatic carbocycles. The maximum Gasteiger partial charge on any atom is 0.216 e. The van der Waals surface area contributed by atoms with Gasteiger partial charge in [-0.25, -0.2) is 4.99 Å². The van der Waals surface area contributed by atoms with E-state index in [2.05, 4.69) is 4.99 Å². The monoisotopic (exact) mass is 447 g/mol. The van der Waals surface area contributed by atoms with E-state index in [1.807, 2.05) is 98.8 Å². The Labute approximate surface area is 188 Å². The normalized spacial score (nSPS) is 22.4. The van der Waals surface area contributed by atoms with Crippen molar-refractivity contribution in [1.29, 1.82) is 0 Å². The third kappa shape index (κ3) is 3.71. The summed E-state index contributed by atoms with van der Waals surface area (Å²) >= 11 is 0. The van der Waals surface area contributed by atoms with Crippen LogP contribution in [-0.2, 0) is 18.8 Å². The lowest BCUT2D eigenvalue weighted by molar-refractivity contribution is -0.143. The Morgan fingerprint density at radius 2 is 1.38 bits per heavy atom. The molecule has 3 aromatic rings. The van der Waals surface area contributed by atoms with Gasteiger partial charge in [0.05, 0.1) is 6.54 Å². The van der Waals surface area contributed by atoms with Gasteiger partial charge in [0.1, 0.15) is 12.7 Å². The van der Waals surface area contributed by atoms with E-state index >= 15 is 4.57 Å². The molecule has 0 amide bonds. The van der Waals surface area contributed by atoms with Crippen LogP contribution in [0, 0.1) is 0 Å². The smallest absolute Gasteiger partial charge is 0.216 e. The van der Waals surface area contributed by atoms with Gasteiger partial charge in [-0.05, 0) is 19.4 Å². The summed E-state index contributed by atoms with van der Waals surface area (Å²) in [5.41, 5.74) is 0.831. The van der Waals surface area contributed by atoms with Crippen molar-refractivity contribution in [3.8, 4) is 0 Å². The van der Waals surface area contributed by atoms with Crippen molar-refractivity contribution < 1.29 is 18.8 Å². The van der Waals surface area contributed by atoms with Gasteiger partial charge in [0.2, 0.25) is 5.90 Å². The fraction of sp³-hybridized carbons (Fsp3) is 0.269. The number of nitrogens with zero attached hydrogens (tertiary/aromatic N) is 1. The molecule has 5 rings (SSSR count). The highest BCUT2D eigenvalue weighted by Gasteiger charge is 2.48. The van der Waals surface area contributed by atoms with Gasteiger partial charge in [-0.15, -0.1) is 0 Å². The Balaban J connectivity index is 1.70. The molecule has 0 radical (unpaired) electrons. The lowest BCUT2D eigenvalue weighted by atomic mass is 10.0. The van der Waals surface area contributed by atoms with Gasteiger partial charge in [-0.1, -0.05) is 84.9 Å². The second-order valence-electron chi connectivity index (χ2n) is 8.38. The Hall–Kier alpha value is -2.72. The summed E-state index contributed by atoms with van der Waals surface area (Å²) in [6.45, 7) is 4.91. The topological polar surface area (TPSA) is 57.1 Å². The lowest BCUT2D eigenvalue weighted by Gasteiger charge is -2.26. The van der Waals surface area contributed by atoms with Crippen molar-refractivity contribution in [1.82, 2.24) is 0 Å². The Morgan fingerprint density at radius 3 is 1.97 bits per heavy atom. The van der Waals surface area contributed by atoms with E-state index in [-0.39, 0.29) is 0 Å². The molecule has 164 valence electrons. The van der Waals surface area contributed by atoms with Crippen molar-refractivity contribution in [2.45, 2.75) is 31.8 Å². The van der Waals surface area contributed by atoms with Crippen molar-refractivity contribution in [2.24, 2.45) is 4.99 Å². The first-order valence-electron chi connectivity index (χ1n) is 10.8. The fourth-order valence-electron chi connectivity index (χ4n) is 4.41. The lowest BCUT2D eigenvalue weighted by Crippen LogP contribution is -2.33. The summed E-state index contributed by atoms with van der Waals surface area (Å²) in [6.07, 6.45) is -0.979. The average Bonchev–Trinajstić information content (AvgIpc) is 3.47. The van der Waals surface area contributed by atoms with Crippen molar-refractivity contribution in [2.75, 3.05) is 13.2 Å². The first-order valence-corrected chi connectivity index (χ1v) is 12.5. The van der Waals surface area contributed by atoms with Gasteiger partial charge in [-0.2, -0.15) is 0 Å². The molecular formula is C26H26NO4P. The van der Waals surface area contributed by atoms with Crippen LogP contribution in [0.4, 0.5) is 0 Å². The molecule has 1 fully saturated rings. The van der Waals surface area contributed by atoms with Crippen LogP contribution >= 0.6 is 7.14 Å². The van der Waals surface area contributed by atoms with Crippen LogP contribution in [0.15, 0.2) is 89.9 Å². The van der Waals surface area contributed by atoms with Crippen LogP contribution in [0.3, 0.4) is 0 Å². The molecule has 0 aliphatic carbocycles. The highest BCUT2D eigenvalue weighted by atomic mass is 31.2. The summed E-state index contributed by atoms with van der Waals surface area (Å²) in [5, 5.41) is 2.30. The zero-order chi connectivity index (χ0) is 22.2. The third-order valence-corrected chi connectivity index (χ3v) is 8.91. The number of aliphatic imine (C=N–C) groups is 1. The van der Waals surface area contributed by atoms with Gasteiger partial charge in [0.25, 0.3) is 0 Å². The van der Waals surface area contributed by atoms with Crippen LogP contribution in [0.2, 0.25) is 0 Å². The molecule has 0 N–H and O–H groups in total. The minimum absolute atomic E-state index is 0.487. The molecule has 2 heterocycles. The highest BCUT2D eigenvalue weighted by molar-refractivity contribution is 7.85. The third-order valence-electron chi connectivity index (χ3n) is 5.77. The SMILES string of the molecule is CC1(C)O[C@H](C2=NCCO2)[C@@H](c2ccccc2P(=O)(c2ccccc2)c2ccccc2)O1. The van der Waals surface area contributed by atoms with Gasteiger partial charge in [-0.3, -0.25) is 0 Å². The number of hydrogen-bond donors (Lipinski definition) is 0. The largest absolute Gasteiger partial charge is 0.477 e. The average molecular weight is 447 g/mol. The van der Waals surface area contributed by atoms with E-state index < -0.39 is 25.1 Å². The quantitative estimate of drug-likeness (QED) is 0.556. The van der Waals surface area contributed by atoms with E-state index in [4.69, 9.17) is 14.2 Å². The van der Waals surface area contributed by atoms with E-state index in [1.165, 1.54) is 0 Å². The van der Waals surface area contributed by atoms with E-state index in [0.29, 0.717) is 19.0 Å². The summed E-state index contributed by atoms with van der Waals surface area (Å²) in [4.78, 5) is 4.49. The predicted molar refractivity (Wildman–Crippen MR) is 127 cm³/mol. The van der Waals surface area contributed by atoms with E-state index in [1.54, 1.807) is 0 Å². The second kappa shape index (κ2) is 8.32. The van der Waals surface area contributed by atoms with Crippen LogP contribution in [0.5, 0.6) is 0 Å². The van der Waals surface area contributed by atoms with E-state index in [0.717, 1.165) is 21.5 Å². The molecular weight excluding hydrogens is 421 g/mol. The standard InChI is InChI=1S/C26H26NO4P/c1-26(2)30-23(24(31-26)25-27-17-18-29-25)21-15-9-10-16-22(21)32(28,19-11-5-3-6-12-19)20-13-7-4-8-14-20/h3-16,23-24H,17-18H2,1-2H3/t23-,24+/m1/s1. The summed E-state index contributed by atoms with van der Waals surface area (Å²) < 4.78 is 33.4. The molecule has 0 saturated carbocycles. The number of ether oxygens (including phenoxy) is 3. The first kappa shape index (κ1) is 21.1. The van der Waals surface area contributed by atoms with Crippen molar-refractivity contribution >= 4 is 29.0 Å². The first-order chi connectivity index (χ1) is 15.5. The minimum Gasteiger partial charge on any atom is -0.477 e. The summed E-state index contributed by atoms with van der Waals surface area (Å²) in [5.74, 6) is -0.273. The van der Waals surface area contributed by atoms with Crippen LogP contribution in [-0.4, -0.2) is 30.9 Å². The number of hydrogen-bond acceptors (Lipinski definition) is 5. The molecule has 2 atom stereocenters. The van der Waals surface area contributed by atoms with Gasteiger partial charge in [0.15, 0.2) is 19.0 Å². The van der Waals surface area contributed by atoms with Gasteiger partial charge >= 0.3 is 0 Å². The maximum atomic E-state index is 15.0. The molecule has 6 heteroatoms. The Morgan fingerprint density at radius 1 is 0.812 bits per heavy atom. The Bertz CT molecular complexity index is 1130. The molecule has 0 bridgehead atoms. The predicted octanol–water partition coefficient (Wildman–Crippen LogP) is 3.95. The summed E-state index contributed by atoms with van der Waals surface area (Å²) in [7, 11) is -3.18. The highest BCUT2D eigenvalue weighted by Crippen LogP contribution is 2.47. The zero-order valence-electron chi connectivity index (χ0n) is 18.2. The molecule has 1 saturated heterocycles. The van der Waals surface area contributed by atoms with Crippen molar-refractivity contribution in [3.05, 3.63) is 90.5 Å². The van der Waals surface area contributed by atoms with Gasteiger partial charge in [0, 0.05) is 15.9 Å². The van der Waals surface area contributed by atoms with Crippen LogP contribution in [0.25, 0.3) is 0 Å². The molecule has 2 aliphatic rings. The maximum absolute atomic E-state index is 15.0. The molecule has 0 spiro atoms.